The van der Waals surface area contributed by atoms with E-state index in [2.05, 4.69) is 64.1 Å². The van der Waals surface area contributed by atoms with Crippen molar-refractivity contribution in [3.63, 3.8) is 0 Å². The number of ether oxygens (including phenoxy) is 10. The lowest BCUT2D eigenvalue weighted by atomic mass is 10.1. The van der Waals surface area contributed by atoms with Crippen molar-refractivity contribution in [3.8, 4) is 23.0 Å². The fourth-order valence-corrected chi connectivity index (χ4v) is 14.7. The predicted octanol–water partition coefficient (Wildman–Crippen LogP) is 18.1. The molecule has 120 heavy (non-hydrogen) atoms. The fourth-order valence-electron chi connectivity index (χ4n) is 11.7. The lowest BCUT2D eigenvalue weighted by molar-refractivity contribution is -0.384. The zero-order valence-electron chi connectivity index (χ0n) is 73.0. The molecule has 2 aliphatic heterocycles. The Morgan fingerprint density at radius 3 is 1.09 bits per heavy atom. The van der Waals surface area contributed by atoms with E-state index in [1.807, 2.05) is 31.7 Å². The zero-order valence-corrected chi connectivity index (χ0v) is 78.0. The van der Waals surface area contributed by atoms with Crippen LogP contribution in [0.2, 0.25) is 71.5 Å². The lowest BCUT2D eigenvalue weighted by Crippen LogP contribution is -2.50. The molecule has 2 saturated heterocycles. The molecule has 6 aromatic rings. The maximum atomic E-state index is 14.6. The van der Waals surface area contributed by atoms with Gasteiger partial charge in [-0.15, -0.1) is 0 Å². The average molecular weight is 1790 g/mol. The Kier molecular flexibility index (Phi) is 33.0. The number of amides is 8. The molecule has 2 fully saturated rings. The van der Waals surface area contributed by atoms with Crippen LogP contribution in [0.3, 0.4) is 0 Å². The number of nitro benzene ring substituents is 1. The van der Waals surface area contributed by atoms with Gasteiger partial charge in [0.2, 0.25) is 0 Å². The number of nitro groups is 1. The molecular formula is C80H114Cl4N16O18Si2. The van der Waals surface area contributed by atoms with Gasteiger partial charge >= 0.3 is 36.4 Å². The molecule has 2 aliphatic rings. The van der Waals surface area contributed by atoms with Crippen molar-refractivity contribution in [3.05, 3.63) is 104 Å². The highest BCUT2D eigenvalue weighted by Gasteiger charge is 2.39. The van der Waals surface area contributed by atoms with Gasteiger partial charge in [0, 0.05) is 138 Å². The van der Waals surface area contributed by atoms with Crippen LogP contribution in [0.15, 0.2) is 73.3 Å². The van der Waals surface area contributed by atoms with Crippen molar-refractivity contribution in [2.24, 2.45) is 0 Å². The molecule has 0 saturated carbocycles. The van der Waals surface area contributed by atoms with Crippen molar-refractivity contribution >= 4 is 168 Å². The zero-order chi connectivity index (χ0) is 89.6. The maximum Gasteiger partial charge on any atom is 0.420 e. The fraction of sp³-hybridized carbons (Fsp3) is 0.525. The third-order valence-corrected chi connectivity index (χ3v) is 22.8. The molecule has 4 heterocycles. The first-order chi connectivity index (χ1) is 55.8. The van der Waals surface area contributed by atoms with E-state index in [1.54, 1.807) is 90.3 Å². The van der Waals surface area contributed by atoms with Crippen LogP contribution in [0.5, 0.6) is 23.0 Å². The lowest BCUT2D eigenvalue weighted by Gasteiger charge is -2.37. The van der Waals surface area contributed by atoms with Crippen molar-refractivity contribution in [2.75, 3.05) is 167 Å². The smallest absolute Gasteiger partial charge is 0.420 e. The molecule has 8 rings (SSSR count). The van der Waals surface area contributed by atoms with Crippen molar-refractivity contribution in [1.82, 2.24) is 29.7 Å². The molecule has 2 N–H and O–H groups in total. The minimum Gasteiger partial charge on any atom is -0.495 e. The van der Waals surface area contributed by atoms with E-state index in [1.165, 1.54) is 105 Å². The van der Waals surface area contributed by atoms with E-state index in [0.717, 1.165) is 33.9 Å². The van der Waals surface area contributed by atoms with Gasteiger partial charge < -0.3 is 72.7 Å². The summed E-state index contributed by atoms with van der Waals surface area (Å²) >= 11 is 27.2. The maximum absolute atomic E-state index is 14.6. The molecule has 2 aromatic heterocycles. The molecule has 0 aliphatic carbocycles. The molecule has 0 spiro atoms. The van der Waals surface area contributed by atoms with Crippen LogP contribution in [-0.2, 0) is 28.4 Å². The Morgan fingerprint density at radius 2 is 0.783 bits per heavy atom. The Bertz CT molecular complexity index is 4580. The molecule has 0 unspecified atom stereocenters. The van der Waals surface area contributed by atoms with E-state index >= 15 is 0 Å². The molecule has 0 radical (unpaired) electrons. The van der Waals surface area contributed by atoms with Gasteiger partial charge in [-0.1, -0.05) is 85.7 Å². The second-order valence-corrected chi connectivity index (χ2v) is 47.2. The van der Waals surface area contributed by atoms with Gasteiger partial charge in [-0.3, -0.25) is 29.7 Å². The molecule has 658 valence electrons. The van der Waals surface area contributed by atoms with Crippen molar-refractivity contribution in [2.45, 2.75) is 157 Å². The average Bonchev–Trinajstić information content (AvgIpc) is 0.784. The van der Waals surface area contributed by atoms with Crippen LogP contribution in [0.1, 0.15) is 83.1 Å². The number of hydrogen-bond acceptors (Lipinski definition) is 25. The van der Waals surface area contributed by atoms with E-state index in [9.17, 15) is 38.9 Å². The molecule has 0 bridgehead atoms. The van der Waals surface area contributed by atoms with Crippen molar-refractivity contribution in [1.29, 1.82) is 0 Å². The summed E-state index contributed by atoms with van der Waals surface area (Å²) in [5.41, 5.74) is 4.95. The Morgan fingerprint density at radius 1 is 0.467 bits per heavy atom. The monoisotopic (exact) mass is 1780 g/mol. The number of rotatable bonds is 25. The summed E-state index contributed by atoms with van der Waals surface area (Å²) in [6.07, 6.45) is -0.204. The first-order valence-electron chi connectivity index (χ1n) is 38.6. The van der Waals surface area contributed by atoms with Crippen molar-refractivity contribution < 1.29 is 81.1 Å². The molecule has 8 amide bonds. The van der Waals surface area contributed by atoms with Gasteiger partial charge in [-0.2, -0.15) is 0 Å². The number of halogens is 4. The SMILES string of the molecule is COc1cc(OC)c(Cl)c(N(COCC[Si](C)(C)C)C(=O)N(C)c2cc(N(C(=O)OC(C)(C)C)c3ccc(N4CCN(C(=O)OC(C)(C)C)CC4)cc3N)ncn2)c1Cl.COc1cc(OC)c(Cl)c(N(COCC[Si](C)(C)C)C(=O)N(C)c2cc(N(C(=O)OC(C)(C)C)c3ccc(N4CCN(C(=O)OC(C)(C)C)CC4)cc3[N+](=O)[O-])ncn2)c1Cl. The Hall–Kier alpha value is -9.83. The number of nitrogen functional groups attached to an aromatic ring is 1. The normalized spacial score (nSPS) is 13.4. The second-order valence-electron chi connectivity index (χ2n) is 34.4. The van der Waals surface area contributed by atoms with Crippen LogP contribution >= 0.6 is 46.4 Å². The summed E-state index contributed by atoms with van der Waals surface area (Å²) in [4.78, 5) is 126. The number of benzene rings is 4. The van der Waals surface area contributed by atoms with Crippen LogP contribution in [0.25, 0.3) is 0 Å². The Balaban J connectivity index is 0.000000331. The van der Waals surface area contributed by atoms with E-state index in [0.29, 0.717) is 71.3 Å². The van der Waals surface area contributed by atoms with Crippen LogP contribution in [0.4, 0.5) is 97.5 Å². The van der Waals surface area contributed by atoms with Gasteiger partial charge in [-0.25, -0.2) is 58.5 Å². The highest BCUT2D eigenvalue weighted by atomic mass is 35.5. The number of methoxy groups -OCH3 is 4. The molecular weight excluding hydrogens is 1670 g/mol. The number of carbonyl (C=O) groups excluding carboxylic acids is 6. The second kappa shape index (κ2) is 40.7. The predicted molar refractivity (Wildman–Crippen MR) is 474 cm³/mol. The van der Waals surface area contributed by atoms with Gasteiger partial charge in [-0.05, 0) is 126 Å². The molecule has 34 nitrogen and oxygen atoms in total. The summed E-state index contributed by atoms with van der Waals surface area (Å²) in [7, 11) is 5.64. The first kappa shape index (κ1) is 97.3. The standard InChI is InChI=1S/C40H56Cl2N8O10Si.C40H58Cl2N8O8Si/c1-39(2,3)59-37(52)47-17-15-46(16-18-47)26-13-14-27(28(21-26)50(54)55)49(38(53)60-40(4,5)6)32-23-31(43-24-44-32)45(7)36(51)48(25-58-19-20-61(10,11)12)35-33(41)29(56-8)22-30(57-9)34(35)42;1-39(2,3)57-37(52)48-17-15-47(16-18-48)26-13-14-28(27(43)21-26)50(38(53)58-40(4,5)6)32-23-31(44-24-45-32)46(7)36(51)49(25-56-19-20-59(10,11)12)35-33(41)29(54-8)22-30(55-9)34(35)42/h13-14,21-24H,15-20,25H2,1-12H3;13-14,21-24H,15-20,25,43H2,1-12H3. The van der Waals surface area contributed by atoms with Crippen LogP contribution in [0, 0.1) is 10.1 Å². The van der Waals surface area contributed by atoms with E-state index in [4.69, 9.17) is 99.5 Å². The topological polar surface area (TPSA) is 348 Å². The highest BCUT2D eigenvalue weighted by molar-refractivity contribution is 6.76. The summed E-state index contributed by atoms with van der Waals surface area (Å²) in [6.45, 7) is 38.0. The van der Waals surface area contributed by atoms with E-state index < -0.39 is 79.5 Å². The third kappa shape index (κ3) is 26.6. The summed E-state index contributed by atoms with van der Waals surface area (Å²) in [6, 6.07) is 15.8. The largest absolute Gasteiger partial charge is 0.495 e. The molecule has 4 aromatic carbocycles. The number of anilines is 11. The first-order valence-corrected chi connectivity index (χ1v) is 47.5. The highest BCUT2D eigenvalue weighted by Crippen LogP contribution is 2.49. The quantitative estimate of drug-likeness (QED) is 0.0106. The number of aromatic nitrogens is 4. The van der Waals surface area contributed by atoms with Gasteiger partial charge in [0.25, 0.3) is 5.69 Å². The molecule has 0 atom stereocenters. The summed E-state index contributed by atoms with van der Waals surface area (Å²) < 4.78 is 56.6. The van der Waals surface area contributed by atoms with Gasteiger partial charge in [0.1, 0.15) is 121 Å². The van der Waals surface area contributed by atoms with E-state index in [-0.39, 0.29) is 114 Å². The summed E-state index contributed by atoms with van der Waals surface area (Å²) in [5, 5.41) is 12.9. The molecule has 40 heteroatoms. The van der Waals surface area contributed by atoms with Gasteiger partial charge in [0.15, 0.2) is 0 Å². The van der Waals surface area contributed by atoms with Crippen LogP contribution in [-0.4, -0.2) is 231 Å². The number of carbonyl (C=O) groups is 6. The van der Waals surface area contributed by atoms with Crippen LogP contribution < -0.4 is 63.9 Å². The summed E-state index contributed by atoms with van der Waals surface area (Å²) in [5.74, 6) is 0.871. The van der Waals surface area contributed by atoms with Gasteiger partial charge in [0.05, 0.1) is 56.1 Å². The minimum absolute atomic E-state index is 0.0140. The minimum atomic E-state index is -1.52. The number of urea groups is 2. The number of nitrogens with zero attached hydrogens (tertiary/aromatic N) is 15. The Labute approximate surface area is 724 Å². The number of piperazine rings is 2. The number of nitrogens with two attached hydrogens (primary N) is 1. The number of hydrogen-bond donors (Lipinski definition) is 1. The third-order valence-electron chi connectivity index (χ3n) is 17.9.